The minimum atomic E-state index is -0.432. The van der Waals surface area contributed by atoms with Gasteiger partial charge in [-0.15, -0.1) is 0 Å². The predicted octanol–water partition coefficient (Wildman–Crippen LogP) is 2.75. The van der Waals surface area contributed by atoms with Crippen molar-refractivity contribution in [2.45, 2.75) is 57.5 Å². The highest BCUT2D eigenvalue weighted by Crippen LogP contribution is 2.38. The molecule has 3 unspecified atom stereocenters. The third kappa shape index (κ3) is 2.13. The van der Waals surface area contributed by atoms with Gasteiger partial charge in [-0.2, -0.15) is 0 Å². The van der Waals surface area contributed by atoms with Crippen LogP contribution in [0.15, 0.2) is 18.2 Å². The Labute approximate surface area is 108 Å². The van der Waals surface area contributed by atoms with Gasteiger partial charge in [0, 0.05) is 12.0 Å². The van der Waals surface area contributed by atoms with E-state index in [1.54, 1.807) is 0 Å². The molecule has 1 saturated heterocycles. The number of hydrogen-bond acceptors (Lipinski definition) is 3. The van der Waals surface area contributed by atoms with Gasteiger partial charge in [-0.25, -0.2) is 0 Å². The first-order valence-electron chi connectivity index (χ1n) is 6.74. The zero-order valence-electron chi connectivity index (χ0n) is 10.9. The molecule has 0 amide bonds. The van der Waals surface area contributed by atoms with E-state index in [0.29, 0.717) is 12.5 Å². The minimum absolute atomic E-state index is 0.0137. The normalized spacial score (nSPS) is 35.1. The second kappa shape index (κ2) is 4.56. The Balaban J connectivity index is 1.81. The molecule has 1 fully saturated rings. The predicted molar refractivity (Wildman–Crippen MR) is 68.7 cm³/mol. The molecule has 0 aliphatic carbocycles. The van der Waals surface area contributed by atoms with Gasteiger partial charge in [0.15, 0.2) is 0 Å². The van der Waals surface area contributed by atoms with Crippen molar-refractivity contribution in [3.63, 3.8) is 0 Å². The number of ether oxygens (including phenoxy) is 2. The van der Waals surface area contributed by atoms with Crippen LogP contribution in [0.3, 0.4) is 0 Å². The molecule has 3 heteroatoms. The fraction of sp³-hybridized carbons (Fsp3) is 0.600. The van der Waals surface area contributed by atoms with Crippen LogP contribution >= 0.6 is 0 Å². The summed E-state index contributed by atoms with van der Waals surface area (Å²) in [5, 5.41) is 10.2. The van der Waals surface area contributed by atoms with Crippen molar-refractivity contribution in [1.29, 1.82) is 0 Å². The molecule has 3 rings (SSSR count). The maximum absolute atomic E-state index is 10.2. The van der Waals surface area contributed by atoms with E-state index in [9.17, 15) is 5.11 Å². The van der Waals surface area contributed by atoms with Crippen molar-refractivity contribution in [2.75, 3.05) is 0 Å². The van der Waals surface area contributed by atoms with Crippen molar-refractivity contribution in [3.05, 3.63) is 29.3 Å². The van der Waals surface area contributed by atoms with Crippen molar-refractivity contribution in [1.82, 2.24) is 0 Å². The lowest BCUT2D eigenvalue weighted by Gasteiger charge is -2.33. The summed E-state index contributed by atoms with van der Waals surface area (Å²) in [5.41, 5.74) is 2.07. The van der Waals surface area contributed by atoms with E-state index >= 15 is 0 Å². The lowest BCUT2D eigenvalue weighted by Crippen LogP contribution is -2.36. The van der Waals surface area contributed by atoms with Crippen LogP contribution in [0.1, 0.15) is 43.4 Å². The van der Waals surface area contributed by atoms with E-state index in [1.807, 2.05) is 25.1 Å². The van der Waals surface area contributed by atoms with Crippen LogP contribution in [0.4, 0.5) is 0 Å². The van der Waals surface area contributed by atoms with Crippen LogP contribution in [-0.4, -0.2) is 23.4 Å². The van der Waals surface area contributed by atoms with E-state index in [-0.39, 0.29) is 12.2 Å². The van der Waals surface area contributed by atoms with Crippen molar-refractivity contribution in [2.24, 2.45) is 0 Å². The number of aliphatic hydroxyl groups is 1. The van der Waals surface area contributed by atoms with Crippen molar-refractivity contribution < 1.29 is 14.6 Å². The smallest absolute Gasteiger partial charge is 0.128 e. The highest BCUT2D eigenvalue weighted by molar-refractivity contribution is 5.40. The SMILES string of the molecule is Cc1ccc2c(c1)[C@H](O)CC(C1CCC(C)O1)O2. The summed E-state index contributed by atoms with van der Waals surface area (Å²) in [7, 11) is 0. The first kappa shape index (κ1) is 12.0. The molecule has 1 N–H and O–H groups in total. The summed E-state index contributed by atoms with van der Waals surface area (Å²) in [6.45, 7) is 4.12. The number of fused-ring (bicyclic) bond motifs is 1. The first-order valence-corrected chi connectivity index (χ1v) is 6.74. The Morgan fingerprint density at radius 2 is 2.06 bits per heavy atom. The second-order valence-electron chi connectivity index (χ2n) is 5.51. The molecule has 2 aliphatic rings. The molecule has 98 valence electrons. The summed E-state index contributed by atoms with van der Waals surface area (Å²) in [6, 6.07) is 5.98. The molecule has 0 aromatic heterocycles. The molecule has 18 heavy (non-hydrogen) atoms. The standard InChI is InChI=1S/C15H20O3/c1-9-3-5-13-11(7-9)12(16)8-15(18-13)14-6-4-10(2)17-14/h3,5,7,10,12,14-16H,4,6,8H2,1-2H3/t10?,12-,14?,15?/m1/s1. The number of hydrogen-bond donors (Lipinski definition) is 1. The maximum Gasteiger partial charge on any atom is 0.128 e. The zero-order valence-corrected chi connectivity index (χ0v) is 10.9. The Bertz CT molecular complexity index is 443. The third-order valence-corrected chi connectivity index (χ3v) is 3.94. The number of aryl methyl sites for hydroxylation is 1. The lowest BCUT2D eigenvalue weighted by atomic mass is 9.94. The van der Waals surface area contributed by atoms with Gasteiger partial charge in [-0.1, -0.05) is 11.6 Å². The second-order valence-corrected chi connectivity index (χ2v) is 5.51. The Hall–Kier alpha value is -1.06. The van der Waals surface area contributed by atoms with Gasteiger partial charge < -0.3 is 14.6 Å². The molecule has 0 spiro atoms. The molecule has 0 bridgehead atoms. The monoisotopic (exact) mass is 248 g/mol. The van der Waals surface area contributed by atoms with Crippen LogP contribution in [0.25, 0.3) is 0 Å². The Morgan fingerprint density at radius 1 is 1.22 bits per heavy atom. The number of benzene rings is 1. The molecule has 3 nitrogen and oxygen atoms in total. The number of aliphatic hydroxyl groups excluding tert-OH is 1. The van der Waals surface area contributed by atoms with Crippen LogP contribution in [0.5, 0.6) is 5.75 Å². The Kier molecular flexibility index (Phi) is 3.04. The van der Waals surface area contributed by atoms with Gasteiger partial charge in [-0.05, 0) is 38.8 Å². The van der Waals surface area contributed by atoms with Crippen molar-refractivity contribution >= 4 is 0 Å². The van der Waals surface area contributed by atoms with E-state index in [2.05, 4.69) is 6.92 Å². The molecule has 4 atom stereocenters. The third-order valence-electron chi connectivity index (χ3n) is 3.94. The average molecular weight is 248 g/mol. The Morgan fingerprint density at radius 3 is 2.78 bits per heavy atom. The fourth-order valence-electron chi connectivity index (χ4n) is 2.93. The zero-order chi connectivity index (χ0) is 12.7. The fourth-order valence-corrected chi connectivity index (χ4v) is 2.93. The van der Waals surface area contributed by atoms with E-state index in [4.69, 9.17) is 9.47 Å². The van der Waals surface area contributed by atoms with Gasteiger partial charge in [0.25, 0.3) is 0 Å². The van der Waals surface area contributed by atoms with E-state index in [1.165, 1.54) is 0 Å². The average Bonchev–Trinajstić information content (AvgIpc) is 2.77. The summed E-state index contributed by atoms with van der Waals surface area (Å²) < 4.78 is 11.9. The quantitative estimate of drug-likeness (QED) is 0.830. The lowest BCUT2D eigenvalue weighted by molar-refractivity contribution is -0.0465. The van der Waals surface area contributed by atoms with Gasteiger partial charge in [-0.3, -0.25) is 0 Å². The molecule has 2 heterocycles. The summed E-state index contributed by atoms with van der Waals surface area (Å²) in [5.74, 6) is 0.813. The summed E-state index contributed by atoms with van der Waals surface area (Å²) >= 11 is 0. The van der Waals surface area contributed by atoms with E-state index < -0.39 is 6.10 Å². The van der Waals surface area contributed by atoms with Gasteiger partial charge in [0.1, 0.15) is 11.9 Å². The molecule has 2 aliphatic heterocycles. The van der Waals surface area contributed by atoms with Crippen molar-refractivity contribution in [3.8, 4) is 5.75 Å². The van der Waals surface area contributed by atoms with Gasteiger partial charge in [0.05, 0.1) is 18.3 Å². The molecule has 0 saturated carbocycles. The summed E-state index contributed by atoms with van der Waals surface area (Å²) in [6.07, 6.45) is 2.74. The summed E-state index contributed by atoms with van der Waals surface area (Å²) in [4.78, 5) is 0. The first-order chi connectivity index (χ1) is 8.63. The van der Waals surface area contributed by atoms with Gasteiger partial charge >= 0.3 is 0 Å². The largest absolute Gasteiger partial charge is 0.487 e. The molecular weight excluding hydrogens is 228 g/mol. The maximum atomic E-state index is 10.2. The van der Waals surface area contributed by atoms with Crippen LogP contribution in [0, 0.1) is 6.92 Å². The van der Waals surface area contributed by atoms with Crippen LogP contribution < -0.4 is 4.74 Å². The molecule has 0 radical (unpaired) electrons. The highest BCUT2D eigenvalue weighted by Gasteiger charge is 2.36. The van der Waals surface area contributed by atoms with Crippen LogP contribution in [0.2, 0.25) is 0 Å². The van der Waals surface area contributed by atoms with Crippen LogP contribution in [-0.2, 0) is 4.74 Å². The molecule has 1 aromatic carbocycles. The molecule has 1 aromatic rings. The topological polar surface area (TPSA) is 38.7 Å². The molecular formula is C15H20O3. The van der Waals surface area contributed by atoms with Gasteiger partial charge in [0.2, 0.25) is 0 Å². The highest BCUT2D eigenvalue weighted by atomic mass is 16.6. The van der Waals surface area contributed by atoms with E-state index in [0.717, 1.165) is 29.7 Å². The number of rotatable bonds is 1. The minimum Gasteiger partial charge on any atom is -0.487 e.